The van der Waals surface area contributed by atoms with Crippen molar-refractivity contribution in [3.8, 4) is 0 Å². The van der Waals surface area contributed by atoms with Gasteiger partial charge < -0.3 is 13.8 Å². The Kier molecular flexibility index (Phi) is 8.53. The van der Waals surface area contributed by atoms with Crippen LogP contribution in [0.1, 0.15) is 33.6 Å². The van der Waals surface area contributed by atoms with Crippen LogP contribution in [-0.2, 0) is 23.1 Å². The molecule has 0 unspecified atom stereocenters. The zero-order valence-electron chi connectivity index (χ0n) is 10.2. The first-order valence-electron chi connectivity index (χ1n) is 5.61. The van der Waals surface area contributed by atoms with Gasteiger partial charge in [-0.15, -0.1) is 0 Å². The number of carbonyl (C=O) groups is 1. The van der Waals surface area contributed by atoms with Crippen molar-refractivity contribution in [1.29, 1.82) is 0 Å². The lowest BCUT2D eigenvalue weighted by Crippen LogP contribution is -2.09. The summed E-state index contributed by atoms with van der Waals surface area (Å²) in [6.07, 6.45) is 0.925. The Morgan fingerprint density at radius 3 is 2.12 bits per heavy atom. The Labute approximate surface area is 97.0 Å². The number of esters is 1. The molecule has 0 atom stereocenters. The second-order valence-electron chi connectivity index (χ2n) is 3.14. The lowest BCUT2D eigenvalue weighted by Gasteiger charge is -2.16. The normalized spacial score (nSPS) is 11.4. The summed E-state index contributed by atoms with van der Waals surface area (Å²) in [5.74, 6) is -0.360. The predicted molar refractivity (Wildman–Crippen MR) is 61.6 cm³/mol. The Morgan fingerprint density at radius 2 is 1.69 bits per heavy atom. The molecule has 5 nitrogen and oxygen atoms in total. The van der Waals surface area contributed by atoms with Crippen molar-refractivity contribution in [2.45, 2.75) is 33.6 Å². The molecule has 0 aliphatic rings. The van der Waals surface area contributed by atoms with Gasteiger partial charge in [0.1, 0.15) is 0 Å². The Bertz CT molecular complexity index is 231. The third-order valence-corrected chi connectivity index (χ3v) is 3.78. The van der Waals surface area contributed by atoms with Crippen LogP contribution in [0.4, 0.5) is 0 Å². The molecule has 0 aliphatic heterocycles. The van der Waals surface area contributed by atoms with Gasteiger partial charge in [0, 0.05) is 0 Å². The third kappa shape index (κ3) is 6.99. The van der Waals surface area contributed by atoms with E-state index in [1.165, 1.54) is 0 Å². The van der Waals surface area contributed by atoms with Crippen LogP contribution in [0.3, 0.4) is 0 Å². The summed E-state index contributed by atoms with van der Waals surface area (Å²) in [6.45, 7) is 6.40. The van der Waals surface area contributed by atoms with Crippen molar-refractivity contribution in [2.75, 3.05) is 26.0 Å². The van der Waals surface area contributed by atoms with Gasteiger partial charge in [0.05, 0.1) is 32.4 Å². The van der Waals surface area contributed by atoms with E-state index in [4.69, 9.17) is 13.8 Å². The van der Waals surface area contributed by atoms with Gasteiger partial charge in [-0.2, -0.15) is 0 Å². The van der Waals surface area contributed by atoms with Crippen molar-refractivity contribution < 1.29 is 23.1 Å². The van der Waals surface area contributed by atoms with E-state index in [0.717, 1.165) is 6.42 Å². The lowest BCUT2D eigenvalue weighted by molar-refractivity contribution is -0.143. The second kappa shape index (κ2) is 8.74. The number of rotatable bonds is 9. The average molecular weight is 252 g/mol. The van der Waals surface area contributed by atoms with E-state index < -0.39 is 7.60 Å². The largest absolute Gasteiger partial charge is 0.466 e. The smallest absolute Gasteiger partial charge is 0.331 e. The molecule has 0 saturated carbocycles. The molecule has 0 amide bonds. The van der Waals surface area contributed by atoms with Crippen LogP contribution in [0.15, 0.2) is 0 Å². The van der Waals surface area contributed by atoms with E-state index in [1.807, 2.05) is 6.92 Å². The minimum absolute atomic E-state index is 0.0667. The van der Waals surface area contributed by atoms with E-state index in [9.17, 15) is 9.36 Å². The van der Waals surface area contributed by atoms with Crippen LogP contribution in [0, 0.1) is 0 Å². The van der Waals surface area contributed by atoms with Crippen molar-refractivity contribution in [3.05, 3.63) is 0 Å². The van der Waals surface area contributed by atoms with Crippen molar-refractivity contribution >= 4 is 13.6 Å². The summed E-state index contributed by atoms with van der Waals surface area (Å²) in [7, 11) is -3.11. The second-order valence-corrected chi connectivity index (χ2v) is 5.33. The maximum Gasteiger partial charge on any atom is 0.331 e. The van der Waals surface area contributed by atoms with Gasteiger partial charge >= 0.3 is 13.6 Å². The van der Waals surface area contributed by atoms with E-state index in [0.29, 0.717) is 19.8 Å². The highest BCUT2D eigenvalue weighted by atomic mass is 31.2. The molecular formula is C10H21O5P. The summed E-state index contributed by atoms with van der Waals surface area (Å²) in [5.41, 5.74) is 0. The van der Waals surface area contributed by atoms with E-state index in [-0.39, 0.29) is 18.6 Å². The first kappa shape index (κ1) is 15.6. The third-order valence-electron chi connectivity index (χ3n) is 1.71. The van der Waals surface area contributed by atoms with E-state index >= 15 is 0 Å². The van der Waals surface area contributed by atoms with Crippen LogP contribution >= 0.6 is 7.60 Å². The first-order chi connectivity index (χ1) is 7.58. The van der Waals surface area contributed by atoms with Gasteiger partial charge in [0.2, 0.25) is 0 Å². The first-order valence-corrected chi connectivity index (χ1v) is 7.34. The molecule has 0 aromatic heterocycles. The molecule has 0 fully saturated rings. The molecule has 16 heavy (non-hydrogen) atoms. The summed E-state index contributed by atoms with van der Waals surface area (Å²) in [6, 6.07) is 0. The Morgan fingerprint density at radius 1 is 1.12 bits per heavy atom. The minimum Gasteiger partial charge on any atom is -0.466 e. The molecule has 96 valence electrons. The number of ether oxygens (including phenoxy) is 1. The van der Waals surface area contributed by atoms with Gasteiger partial charge in [-0.05, 0) is 20.3 Å². The Hall–Kier alpha value is -0.380. The lowest BCUT2D eigenvalue weighted by atomic mass is 10.5. The molecule has 6 heteroatoms. The molecule has 0 aromatic carbocycles. The van der Waals surface area contributed by atoms with Crippen molar-refractivity contribution in [2.24, 2.45) is 0 Å². The van der Waals surface area contributed by atoms with Crippen LogP contribution < -0.4 is 0 Å². The van der Waals surface area contributed by atoms with E-state index in [1.54, 1.807) is 13.8 Å². The number of hydrogen-bond donors (Lipinski definition) is 0. The molecule has 0 rings (SSSR count). The highest BCUT2D eigenvalue weighted by Crippen LogP contribution is 2.48. The molecule has 0 N–H and O–H groups in total. The predicted octanol–water partition coefficient (Wildman–Crippen LogP) is 2.60. The zero-order chi connectivity index (χ0) is 12.4. The summed E-state index contributed by atoms with van der Waals surface area (Å²) in [4.78, 5) is 11.2. The van der Waals surface area contributed by atoms with E-state index in [2.05, 4.69) is 0 Å². The fraction of sp³-hybridized carbons (Fsp3) is 0.900. The minimum atomic E-state index is -3.11. The number of carbonyl (C=O) groups excluding carboxylic acids is 1. The van der Waals surface area contributed by atoms with Crippen molar-refractivity contribution in [1.82, 2.24) is 0 Å². The van der Waals surface area contributed by atoms with Crippen LogP contribution in [0.25, 0.3) is 0 Å². The molecule has 0 aromatic rings. The monoisotopic (exact) mass is 252 g/mol. The van der Waals surface area contributed by atoms with Crippen molar-refractivity contribution in [3.63, 3.8) is 0 Å². The van der Waals surface area contributed by atoms with Crippen LogP contribution in [0.5, 0.6) is 0 Å². The molecule has 0 saturated heterocycles. The molecule has 0 aliphatic carbocycles. The van der Waals surface area contributed by atoms with Crippen LogP contribution in [-0.4, -0.2) is 32.0 Å². The van der Waals surface area contributed by atoms with Gasteiger partial charge in [-0.1, -0.05) is 6.92 Å². The van der Waals surface area contributed by atoms with Crippen LogP contribution in [0.2, 0.25) is 0 Å². The molecule has 0 spiro atoms. The van der Waals surface area contributed by atoms with Gasteiger partial charge in [-0.25, -0.2) is 0 Å². The fourth-order valence-corrected chi connectivity index (χ4v) is 2.65. The standard InChI is InChI=1S/C10H21O5P/c1-4-8-13-10(11)7-9-16(12,14-5-2)15-6-3/h4-9H2,1-3H3. The topological polar surface area (TPSA) is 61.8 Å². The maximum absolute atomic E-state index is 11.9. The SMILES string of the molecule is CCCOC(=O)CCP(=O)(OCC)OCC. The Balaban J connectivity index is 4.01. The summed E-state index contributed by atoms with van der Waals surface area (Å²) in [5, 5.41) is 0. The van der Waals surface area contributed by atoms with Gasteiger partial charge in [0.25, 0.3) is 0 Å². The van der Waals surface area contributed by atoms with Gasteiger partial charge in [0.15, 0.2) is 0 Å². The average Bonchev–Trinajstić information content (AvgIpc) is 2.24. The highest BCUT2D eigenvalue weighted by molar-refractivity contribution is 7.53. The number of hydrogen-bond acceptors (Lipinski definition) is 5. The fourth-order valence-electron chi connectivity index (χ4n) is 1.08. The molecular weight excluding hydrogens is 231 g/mol. The molecule has 0 heterocycles. The summed E-state index contributed by atoms with van der Waals surface area (Å²) >= 11 is 0. The maximum atomic E-state index is 11.9. The highest BCUT2D eigenvalue weighted by Gasteiger charge is 2.24. The molecule has 0 bridgehead atoms. The molecule has 0 radical (unpaired) electrons. The van der Waals surface area contributed by atoms with Gasteiger partial charge in [-0.3, -0.25) is 9.36 Å². The zero-order valence-corrected chi connectivity index (χ0v) is 11.1. The summed E-state index contributed by atoms with van der Waals surface area (Å²) < 4.78 is 26.9. The quantitative estimate of drug-likeness (QED) is 0.466.